The van der Waals surface area contributed by atoms with Crippen molar-refractivity contribution in [3.05, 3.63) is 70.1 Å². The first kappa shape index (κ1) is 13.5. The van der Waals surface area contributed by atoms with E-state index in [1.165, 1.54) is 24.3 Å². The molecule has 0 amide bonds. The van der Waals surface area contributed by atoms with E-state index in [1.807, 2.05) is 0 Å². The second kappa shape index (κ2) is 5.14. The van der Waals surface area contributed by atoms with E-state index in [0.29, 0.717) is 11.3 Å². The molecule has 0 spiro atoms. The number of fused-ring (bicyclic) bond motifs is 1. The van der Waals surface area contributed by atoms with Crippen molar-refractivity contribution < 1.29 is 13.9 Å². The number of hydrogen-bond acceptors (Lipinski definition) is 3. The molecule has 1 aromatic heterocycles. The molecule has 106 valence electrons. The molecule has 1 N–H and O–H groups in total. The van der Waals surface area contributed by atoms with Crippen molar-refractivity contribution in [2.45, 2.75) is 13.0 Å². The van der Waals surface area contributed by atoms with Crippen LogP contribution >= 0.6 is 0 Å². The molecule has 21 heavy (non-hydrogen) atoms. The zero-order valence-corrected chi connectivity index (χ0v) is 11.3. The summed E-state index contributed by atoms with van der Waals surface area (Å²) >= 11 is 0. The fraction of sp³-hybridized carbons (Fsp3) is 0.118. The fourth-order valence-corrected chi connectivity index (χ4v) is 2.20. The van der Waals surface area contributed by atoms with Crippen LogP contribution in [0.4, 0.5) is 4.39 Å². The minimum absolute atomic E-state index is 0.222. The molecule has 0 aliphatic heterocycles. The molecule has 2 aromatic carbocycles. The number of halogens is 1. The second-order valence-electron chi connectivity index (χ2n) is 4.91. The smallest absolute Gasteiger partial charge is 0.193 e. The van der Waals surface area contributed by atoms with Gasteiger partial charge in [0.2, 0.25) is 0 Å². The maximum Gasteiger partial charge on any atom is 0.193 e. The highest BCUT2D eigenvalue weighted by Gasteiger charge is 2.08. The number of benzene rings is 2. The molecular weight excluding hydrogens is 271 g/mol. The first-order valence-electron chi connectivity index (χ1n) is 6.56. The Bertz CT molecular complexity index is 848. The maximum atomic E-state index is 13.2. The van der Waals surface area contributed by atoms with Gasteiger partial charge in [0.15, 0.2) is 5.43 Å². The largest absolute Gasteiger partial charge is 0.456 e. The van der Waals surface area contributed by atoms with Gasteiger partial charge >= 0.3 is 0 Å². The van der Waals surface area contributed by atoms with Crippen molar-refractivity contribution in [1.29, 1.82) is 0 Å². The van der Waals surface area contributed by atoms with Crippen LogP contribution in [0.5, 0.6) is 0 Å². The van der Waals surface area contributed by atoms with E-state index in [0.717, 1.165) is 11.1 Å². The number of aliphatic hydroxyl groups is 1. The first-order valence-corrected chi connectivity index (χ1v) is 6.56. The van der Waals surface area contributed by atoms with Crippen LogP contribution in [-0.2, 0) is 0 Å². The lowest BCUT2D eigenvalue weighted by molar-refractivity contribution is 0.199. The third-order valence-corrected chi connectivity index (χ3v) is 3.37. The van der Waals surface area contributed by atoms with E-state index in [2.05, 4.69) is 0 Å². The normalized spacial score (nSPS) is 12.5. The zero-order valence-electron chi connectivity index (χ0n) is 11.3. The Hall–Kier alpha value is -2.46. The van der Waals surface area contributed by atoms with Gasteiger partial charge in [-0.1, -0.05) is 24.3 Å². The van der Waals surface area contributed by atoms with Gasteiger partial charge < -0.3 is 9.52 Å². The quantitative estimate of drug-likeness (QED) is 0.781. The van der Waals surface area contributed by atoms with E-state index < -0.39 is 11.9 Å². The van der Waals surface area contributed by atoms with Crippen LogP contribution in [0.15, 0.2) is 57.7 Å². The topological polar surface area (TPSA) is 50.4 Å². The van der Waals surface area contributed by atoms with Gasteiger partial charge in [-0.05, 0) is 30.7 Å². The Labute approximate surface area is 120 Å². The van der Waals surface area contributed by atoms with Gasteiger partial charge in [0.05, 0.1) is 11.5 Å². The monoisotopic (exact) mass is 284 g/mol. The summed E-state index contributed by atoms with van der Waals surface area (Å²) in [4.78, 5) is 12.0. The van der Waals surface area contributed by atoms with Gasteiger partial charge in [0.1, 0.15) is 17.2 Å². The highest BCUT2D eigenvalue weighted by molar-refractivity contribution is 5.78. The van der Waals surface area contributed by atoms with Crippen LogP contribution in [0.3, 0.4) is 0 Å². The first-order chi connectivity index (χ1) is 10.0. The lowest BCUT2D eigenvalue weighted by Gasteiger charge is -2.06. The van der Waals surface area contributed by atoms with Crippen LogP contribution in [0.1, 0.15) is 18.6 Å². The third kappa shape index (κ3) is 2.58. The standard InChI is InChI=1S/C17H13FO3/c1-10(19)11-2-4-12(5-3-11)17-9-15(20)14-8-13(18)6-7-16(14)21-17/h2-10,19H,1H3. The molecule has 0 saturated heterocycles. The summed E-state index contributed by atoms with van der Waals surface area (Å²) in [5.41, 5.74) is 1.57. The van der Waals surface area contributed by atoms with Gasteiger partial charge in [-0.15, -0.1) is 0 Å². The van der Waals surface area contributed by atoms with E-state index in [-0.39, 0.29) is 10.8 Å². The summed E-state index contributed by atoms with van der Waals surface area (Å²) in [7, 11) is 0. The minimum atomic E-state index is -0.550. The predicted octanol–water partition coefficient (Wildman–Crippen LogP) is 3.65. The number of rotatable bonds is 2. The molecule has 3 rings (SSSR count). The summed E-state index contributed by atoms with van der Waals surface area (Å²) in [6.45, 7) is 1.68. The lowest BCUT2D eigenvalue weighted by Crippen LogP contribution is -2.00. The Kier molecular flexibility index (Phi) is 3.31. The molecule has 3 aromatic rings. The molecule has 1 unspecified atom stereocenters. The van der Waals surface area contributed by atoms with Gasteiger partial charge in [0.25, 0.3) is 0 Å². The highest BCUT2D eigenvalue weighted by atomic mass is 19.1. The highest BCUT2D eigenvalue weighted by Crippen LogP contribution is 2.24. The number of hydrogen-bond donors (Lipinski definition) is 1. The fourth-order valence-electron chi connectivity index (χ4n) is 2.20. The minimum Gasteiger partial charge on any atom is -0.456 e. The van der Waals surface area contributed by atoms with Gasteiger partial charge in [-0.3, -0.25) is 4.79 Å². The van der Waals surface area contributed by atoms with Crippen molar-refractivity contribution in [3.63, 3.8) is 0 Å². The average molecular weight is 284 g/mol. The molecule has 0 radical (unpaired) electrons. The van der Waals surface area contributed by atoms with Gasteiger partial charge in [-0.25, -0.2) is 4.39 Å². The van der Waals surface area contributed by atoms with Crippen LogP contribution < -0.4 is 5.43 Å². The summed E-state index contributed by atoms with van der Waals surface area (Å²) in [6, 6.07) is 12.3. The van der Waals surface area contributed by atoms with Crippen LogP contribution in [-0.4, -0.2) is 5.11 Å². The molecular formula is C17H13FO3. The molecule has 0 aliphatic carbocycles. The molecule has 1 atom stereocenters. The van der Waals surface area contributed by atoms with Gasteiger partial charge in [-0.2, -0.15) is 0 Å². The zero-order chi connectivity index (χ0) is 15.0. The van der Waals surface area contributed by atoms with Crippen molar-refractivity contribution in [2.75, 3.05) is 0 Å². The maximum absolute atomic E-state index is 13.2. The van der Waals surface area contributed by atoms with E-state index in [9.17, 15) is 14.3 Å². The van der Waals surface area contributed by atoms with Crippen molar-refractivity contribution in [1.82, 2.24) is 0 Å². The Balaban J connectivity index is 2.12. The third-order valence-electron chi connectivity index (χ3n) is 3.37. The number of aliphatic hydroxyl groups excluding tert-OH is 1. The van der Waals surface area contributed by atoms with Crippen LogP contribution in [0, 0.1) is 5.82 Å². The Morgan fingerprint density at radius 3 is 2.48 bits per heavy atom. The Morgan fingerprint density at radius 2 is 1.81 bits per heavy atom. The van der Waals surface area contributed by atoms with E-state index in [1.54, 1.807) is 31.2 Å². The van der Waals surface area contributed by atoms with Crippen molar-refractivity contribution in [3.8, 4) is 11.3 Å². The SMILES string of the molecule is CC(O)c1ccc(-c2cc(=O)c3cc(F)ccc3o2)cc1. The molecule has 0 aliphatic rings. The molecule has 4 heteroatoms. The average Bonchev–Trinajstić information content (AvgIpc) is 2.48. The molecule has 0 saturated carbocycles. The summed E-state index contributed by atoms with van der Waals surface area (Å²) in [5.74, 6) is -0.0555. The van der Waals surface area contributed by atoms with Crippen molar-refractivity contribution in [2.24, 2.45) is 0 Å². The second-order valence-corrected chi connectivity index (χ2v) is 4.91. The lowest BCUT2D eigenvalue weighted by atomic mass is 10.1. The van der Waals surface area contributed by atoms with Crippen LogP contribution in [0.25, 0.3) is 22.3 Å². The molecule has 3 nitrogen and oxygen atoms in total. The predicted molar refractivity (Wildman–Crippen MR) is 78.5 cm³/mol. The summed E-state index contributed by atoms with van der Waals surface area (Å²) in [6.07, 6.45) is -0.550. The Morgan fingerprint density at radius 1 is 1.10 bits per heavy atom. The molecule has 0 bridgehead atoms. The summed E-state index contributed by atoms with van der Waals surface area (Å²) < 4.78 is 18.8. The van der Waals surface area contributed by atoms with Gasteiger partial charge in [0, 0.05) is 11.6 Å². The summed E-state index contributed by atoms with van der Waals surface area (Å²) in [5, 5.41) is 9.71. The molecule has 1 heterocycles. The van der Waals surface area contributed by atoms with Crippen molar-refractivity contribution >= 4 is 11.0 Å². The van der Waals surface area contributed by atoms with Crippen LogP contribution in [0.2, 0.25) is 0 Å². The molecule has 0 fully saturated rings. The van der Waals surface area contributed by atoms with E-state index in [4.69, 9.17) is 4.42 Å². The van der Waals surface area contributed by atoms with E-state index >= 15 is 0 Å².